The van der Waals surface area contributed by atoms with Crippen LogP contribution in [0.4, 0.5) is 0 Å². The van der Waals surface area contributed by atoms with E-state index in [1.54, 1.807) is 0 Å². The van der Waals surface area contributed by atoms with E-state index in [9.17, 15) is 14.7 Å². The van der Waals surface area contributed by atoms with Gasteiger partial charge in [0.05, 0.1) is 5.41 Å². The van der Waals surface area contributed by atoms with Gasteiger partial charge < -0.3 is 9.52 Å². The second kappa shape index (κ2) is 6.94. The summed E-state index contributed by atoms with van der Waals surface area (Å²) in [6, 6.07) is 11.8. The number of fused-ring (bicyclic) bond motifs is 1. The number of aliphatic hydroxyl groups excluding tert-OH is 1. The molecule has 0 saturated heterocycles. The van der Waals surface area contributed by atoms with Crippen LogP contribution in [0, 0.1) is 0 Å². The second-order valence-corrected chi connectivity index (χ2v) is 8.59. The molecule has 0 aliphatic heterocycles. The summed E-state index contributed by atoms with van der Waals surface area (Å²) < 4.78 is 6.39. The summed E-state index contributed by atoms with van der Waals surface area (Å²) in [6.45, 7) is 5.70. The number of rotatable bonds is 4. The molecule has 158 valence electrons. The summed E-state index contributed by atoms with van der Waals surface area (Å²) in [4.78, 5) is 26.7. The van der Waals surface area contributed by atoms with Crippen LogP contribution in [0.3, 0.4) is 0 Å². The molecule has 4 heteroatoms. The first-order chi connectivity index (χ1) is 15.0. The highest BCUT2D eigenvalue weighted by atomic mass is 16.3. The largest absolute Gasteiger partial charge is 0.507 e. The maximum atomic E-state index is 13.4. The normalized spacial score (nSPS) is 16.8. The molecule has 31 heavy (non-hydrogen) atoms. The van der Waals surface area contributed by atoms with Crippen LogP contribution in [0.15, 0.2) is 51.2 Å². The number of carbonyl (C=O) groups excluding carboxylic acids is 1. The smallest absolute Gasteiger partial charge is 0.196 e. The van der Waals surface area contributed by atoms with Crippen molar-refractivity contribution in [1.29, 1.82) is 0 Å². The van der Waals surface area contributed by atoms with Gasteiger partial charge in [-0.05, 0) is 54.0 Å². The summed E-state index contributed by atoms with van der Waals surface area (Å²) >= 11 is 0. The summed E-state index contributed by atoms with van der Waals surface area (Å²) in [7, 11) is 0. The fourth-order valence-electron chi connectivity index (χ4n) is 5.52. The molecule has 0 radical (unpaired) electrons. The van der Waals surface area contributed by atoms with Gasteiger partial charge in [-0.25, -0.2) is 0 Å². The Bertz CT molecular complexity index is 1330. The Labute approximate surface area is 181 Å². The number of aliphatic hydroxyl groups is 1. The molecule has 0 unspecified atom stereocenters. The Morgan fingerprint density at radius 2 is 1.71 bits per heavy atom. The minimum atomic E-state index is -0.934. The van der Waals surface area contributed by atoms with Gasteiger partial charge in [0.15, 0.2) is 11.2 Å². The molecule has 0 fully saturated rings. The van der Waals surface area contributed by atoms with E-state index < -0.39 is 5.41 Å². The molecule has 2 aromatic carbocycles. The van der Waals surface area contributed by atoms with Crippen LogP contribution in [-0.2, 0) is 23.1 Å². The molecule has 4 nitrogen and oxygen atoms in total. The van der Waals surface area contributed by atoms with Crippen LogP contribution in [-0.4, -0.2) is 10.9 Å². The molecule has 1 heterocycles. The van der Waals surface area contributed by atoms with E-state index in [2.05, 4.69) is 18.2 Å². The number of benzene rings is 2. The van der Waals surface area contributed by atoms with E-state index in [1.165, 1.54) is 22.6 Å². The van der Waals surface area contributed by atoms with Gasteiger partial charge in [-0.2, -0.15) is 0 Å². The Hall–Kier alpha value is -3.14. The van der Waals surface area contributed by atoms with Crippen LogP contribution in [0.1, 0.15) is 62.5 Å². The average molecular weight is 415 g/mol. The zero-order valence-corrected chi connectivity index (χ0v) is 18.2. The molecule has 2 aliphatic carbocycles. The van der Waals surface area contributed by atoms with Gasteiger partial charge in [0.1, 0.15) is 22.8 Å². The van der Waals surface area contributed by atoms with E-state index in [4.69, 9.17) is 4.42 Å². The van der Waals surface area contributed by atoms with Crippen molar-refractivity contribution < 1.29 is 14.3 Å². The predicted molar refractivity (Wildman–Crippen MR) is 122 cm³/mol. The molecular formula is C27H26O4. The Morgan fingerprint density at radius 1 is 1.00 bits per heavy atom. The Kier molecular flexibility index (Phi) is 4.44. The third-order valence-electron chi connectivity index (χ3n) is 7.32. The van der Waals surface area contributed by atoms with Crippen molar-refractivity contribution >= 4 is 22.3 Å². The fourth-order valence-corrected chi connectivity index (χ4v) is 5.52. The molecular weight excluding hydrogens is 388 g/mol. The summed E-state index contributed by atoms with van der Waals surface area (Å²) in [5, 5.41) is 13.1. The lowest BCUT2D eigenvalue weighted by Gasteiger charge is -2.35. The van der Waals surface area contributed by atoms with Crippen LogP contribution >= 0.6 is 0 Å². The lowest BCUT2D eigenvalue weighted by molar-refractivity contribution is -0.122. The van der Waals surface area contributed by atoms with Crippen LogP contribution in [0.5, 0.6) is 0 Å². The lowest BCUT2D eigenvalue weighted by atomic mass is 9.68. The molecule has 0 atom stereocenters. The first kappa shape index (κ1) is 19.8. The maximum absolute atomic E-state index is 13.4. The van der Waals surface area contributed by atoms with Crippen LogP contribution in [0.25, 0.3) is 27.9 Å². The van der Waals surface area contributed by atoms with Gasteiger partial charge in [0, 0.05) is 17.2 Å². The van der Waals surface area contributed by atoms with E-state index in [0.29, 0.717) is 36.4 Å². The highest BCUT2D eigenvalue weighted by Gasteiger charge is 2.48. The van der Waals surface area contributed by atoms with Gasteiger partial charge in [-0.1, -0.05) is 51.1 Å². The highest BCUT2D eigenvalue weighted by Crippen LogP contribution is 2.45. The molecule has 1 aromatic heterocycles. The third-order valence-corrected chi connectivity index (χ3v) is 7.32. The molecule has 5 rings (SSSR count). The van der Waals surface area contributed by atoms with Crippen molar-refractivity contribution in [3.63, 3.8) is 0 Å². The Balaban J connectivity index is 1.84. The monoisotopic (exact) mass is 414 g/mol. The van der Waals surface area contributed by atoms with E-state index >= 15 is 0 Å². The minimum Gasteiger partial charge on any atom is -0.507 e. The topological polar surface area (TPSA) is 67.5 Å². The SMILES string of the molecule is CCC1=C(O)c2c(oc(-c3ccc4c5c(cccc35)CC4)cc2=O)C(CC)(CC)C1=O. The summed E-state index contributed by atoms with van der Waals surface area (Å²) in [6.07, 6.45) is 3.42. The first-order valence-electron chi connectivity index (χ1n) is 11.2. The number of allylic oxidation sites excluding steroid dienone is 1. The van der Waals surface area contributed by atoms with Gasteiger partial charge >= 0.3 is 0 Å². The quantitative estimate of drug-likeness (QED) is 0.579. The van der Waals surface area contributed by atoms with E-state index in [0.717, 1.165) is 23.8 Å². The zero-order valence-electron chi connectivity index (χ0n) is 18.2. The fraction of sp³-hybridized carbons (Fsp3) is 0.333. The van der Waals surface area contributed by atoms with Gasteiger partial charge in [0.2, 0.25) is 0 Å². The van der Waals surface area contributed by atoms with E-state index in [-0.39, 0.29) is 22.5 Å². The van der Waals surface area contributed by atoms with Gasteiger partial charge in [0.25, 0.3) is 0 Å². The number of aryl methyl sites for hydroxylation is 2. The molecule has 0 spiro atoms. The summed E-state index contributed by atoms with van der Waals surface area (Å²) in [5.74, 6) is 0.403. The van der Waals surface area contributed by atoms with Gasteiger partial charge in [-0.15, -0.1) is 0 Å². The van der Waals surface area contributed by atoms with Crippen molar-refractivity contribution in [3.05, 3.63) is 74.6 Å². The number of carbonyl (C=O) groups is 1. The van der Waals surface area contributed by atoms with Crippen LogP contribution < -0.4 is 5.43 Å². The van der Waals surface area contributed by atoms with Crippen LogP contribution in [0.2, 0.25) is 0 Å². The number of hydrogen-bond acceptors (Lipinski definition) is 4. The van der Waals surface area contributed by atoms with Gasteiger partial charge in [-0.3, -0.25) is 9.59 Å². The van der Waals surface area contributed by atoms with Crippen molar-refractivity contribution in [2.45, 2.75) is 58.3 Å². The number of Topliss-reactive ketones (excluding diaryl/α,β-unsaturated/α-hetero) is 1. The summed E-state index contributed by atoms with van der Waals surface area (Å²) in [5.41, 5.74) is 2.71. The number of hydrogen-bond donors (Lipinski definition) is 1. The molecule has 3 aromatic rings. The molecule has 1 N–H and O–H groups in total. The average Bonchev–Trinajstić information content (AvgIpc) is 3.20. The predicted octanol–water partition coefficient (Wildman–Crippen LogP) is 5.88. The minimum absolute atomic E-state index is 0.134. The van der Waals surface area contributed by atoms with Crippen molar-refractivity contribution in [2.75, 3.05) is 0 Å². The second-order valence-electron chi connectivity index (χ2n) is 8.59. The highest BCUT2D eigenvalue weighted by molar-refractivity contribution is 6.10. The first-order valence-corrected chi connectivity index (χ1v) is 11.2. The Morgan fingerprint density at radius 3 is 2.39 bits per heavy atom. The molecule has 0 bridgehead atoms. The molecule has 2 aliphatic rings. The van der Waals surface area contributed by atoms with Crippen molar-refractivity contribution in [1.82, 2.24) is 0 Å². The lowest BCUT2D eigenvalue weighted by Crippen LogP contribution is -2.41. The molecule has 0 saturated carbocycles. The maximum Gasteiger partial charge on any atom is 0.196 e. The number of ketones is 1. The third kappa shape index (κ3) is 2.54. The molecule has 0 amide bonds. The van der Waals surface area contributed by atoms with Crippen molar-refractivity contribution in [3.8, 4) is 11.3 Å². The van der Waals surface area contributed by atoms with E-state index in [1.807, 2.05) is 32.9 Å². The van der Waals surface area contributed by atoms with Crippen molar-refractivity contribution in [2.24, 2.45) is 0 Å². The standard InChI is InChI=1S/C27H26O4/c1-4-17-24(29)23-20(28)14-21(31-26(23)27(5-2,6-3)25(17)30)18-13-12-16-11-10-15-8-7-9-19(18)22(15)16/h7-9,12-14,29H,4-6,10-11H2,1-3H3. The zero-order chi connectivity index (χ0) is 21.9.